The molecule has 0 heterocycles. The Balaban J connectivity index is 0.00000420. The second-order valence-corrected chi connectivity index (χ2v) is 6.78. The molecule has 0 aromatic heterocycles. The number of halogens is 3. The van der Waals surface area contributed by atoms with Crippen LogP contribution in [0.5, 0.6) is 0 Å². The molecule has 0 aliphatic rings. The molecule has 5 nitrogen and oxygen atoms in total. The van der Waals surface area contributed by atoms with E-state index in [2.05, 4.69) is 20.9 Å². The highest BCUT2D eigenvalue weighted by Crippen LogP contribution is 2.16. The van der Waals surface area contributed by atoms with Crippen molar-refractivity contribution in [3.8, 4) is 0 Å². The third kappa shape index (κ3) is 7.81. The van der Waals surface area contributed by atoms with Gasteiger partial charge < -0.3 is 16.0 Å². The highest BCUT2D eigenvalue weighted by molar-refractivity contribution is 14.0. The van der Waals surface area contributed by atoms with Gasteiger partial charge in [-0.05, 0) is 50.1 Å². The number of carbonyl (C=O) groups excluding carboxylic acids is 1. The average Bonchev–Trinajstić information content (AvgIpc) is 2.67. The van der Waals surface area contributed by atoms with E-state index in [1.54, 1.807) is 37.3 Å². The van der Waals surface area contributed by atoms with E-state index in [1.165, 1.54) is 6.07 Å². The molecule has 2 aromatic carbocycles. The summed E-state index contributed by atoms with van der Waals surface area (Å²) in [4.78, 5) is 16.6. The van der Waals surface area contributed by atoms with Crippen LogP contribution in [0.2, 0.25) is 5.02 Å². The predicted molar refractivity (Wildman–Crippen MR) is 128 cm³/mol. The Labute approximate surface area is 193 Å². The van der Waals surface area contributed by atoms with E-state index in [4.69, 9.17) is 11.6 Å². The second kappa shape index (κ2) is 12.6. The summed E-state index contributed by atoms with van der Waals surface area (Å²) in [6.45, 7) is 7.09. The minimum Gasteiger partial charge on any atom is -0.357 e. The van der Waals surface area contributed by atoms with Crippen LogP contribution in [0.3, 0.4) is 0 Å². The fraction of sp³-hybridized carbons (Fsp3) is 0.333. The number of aryl methyl sites for hydroxylation is 1. The number of carbonyl (C=O) groups is 1. The minimum absolute atomic E-state index is 0. The molecule has 2 aromatic rings. The molecular weight excluding hydrogens is 506 g/mol. The van der Waals surface area contributed by atoms with Crippen LogP contribution in [0.25, 0.3) is 0 Å². The Hall–Kier alpha value is -1.87. The van der Waals surface area contributed by atoms with E-state index in [-0.39, 0.29) is 41.7 Å². The van der Waals surface area contributed by atoms with Crippen molar-refractivity contribution >= 4 is 47.4 Å². The number of aliphatic imine (C=N–C) groups is 1. The van der Waals surface area contributed by atoms with E-state index in [0.717, 1.165) is 5.56 Å². The van der Waals surface area contributed by atoms with Crippen LogP contribution in [-0.2, 0) is 0 Å². The quantitative estimate of drug-likeness (QED) is 0.214. The third-order valence-electron chi connectivity index (χ3n) is 4.18. The molecule has 0 aliphatic heterocycles. The molecule has 0 fully saturated rings. The van der Waals surface area contributed by atoms with E-state index >= 15 is 0 Å². The van der Waals surface area contributed by atoms with E-state index in [1.807, 2.05) is 19.9 Å². The zero-order chi connectivity index (χ0) is 20.5. The first-order valence-electron chi connectivity index (χ1n) is 9.26. The predicted octanol–water partition coefficient (Wildman–Crippen LogP) is 4.45. The van der Waals surface area contributed by atoms with Gasteiger partial charge in [0.25, 0.3) is 5.91 Å². The van der Waals surface area contributed by atoms with Gasteiger partial charge in [0, 0.05) is 13.1 Å². The molecule has 158 valence electrons. The van der Waals surface area contributed by atoms with Crippen molar-refractivity contribution in [1.29, 1.82) is 0 Å². The number of amides is 1. The SMILES string of the molecule is CCNC(=NCCNC(=O)c1ccccc1Cl)NC(C)c1ccc(C)c(F)c1.I. The number of nitrogens with one attached hydrogen (secondary N) is 3. The summed E-state index contributed by atoms with van der Waals surface area (Å²) in [6, 6.07) is 12.0. The summed E-state index contributed by atoms with van der Waals surface area (Å²) < 4.78 is 13.8. The van der Waals surface area contributed by atoms with Crippen LogP contribution in [-0.4, -0.2) is 31.5 Å². The Kier molecular flexibility index (Phi) is 11.0. The van der Waals surface area contributed by atoms with Crippen molar-refractivity contribution in [1.82, 2.24) is 16.0 Å². The number of benzene rings is 2. The minimum atomic E-state index is -0.234. The summed E-state index contributed by atoms with van der Waals surface area (Å²) in [7, 11) is 0. The molecule has 1 unspecified atom stereocenters. The van der Waals surface area contributed by atoms with Gasteiger partial charge in [-0.25, -0.2) is 4.39 Å². The summed E-state index contributed by atoms with van der Waals surface area (Å²) in [6.07, 6.45) is 0. The van der Waals surface area contributed by atoms with Crippen molar-refractivity contribution in [2.75, 3.05) is 19.6 Å². The Bertz CT molecular complexity index is 847. The van der Waals surface area contributed by atoms with Gasteiger partial charge in [0.15, 0.2) is 5.96 Å². The lowest BCUT2D eigenvalue weighted by atomic mass is 10.1. The van der Waals surface area contributed by atoms with Gasteiger partial charge in [-0.3, -0.25) is 9.79 Å². The number of guanidine groups is 1. The molecule has 0 saturated heterocycles. The molecule has 0 radical (unpaired) electrons. The van der Waals surface area contributed by atoms with Crippen molar-refractivity contribution < 1.29 is 9.18 Å². The van der Waals surface area contributed by atoms with E-state index < -0.39 is 0 Å². The molecule has 0 spiro atoms. The molecule has 0 aliphatic carbocycles. The second-order valence-electron chi connectivity index (χ2n) is 6.37. The van der Waals surface area contributed by atoms with Crippen molar-refractivity contribution in [2.45, 2.75) is 26.8 Å². The zero-order valence-electron chi connectivity index (χ0n) is 16.8. The summed E-state index contributed by atoms with van der Waals surface area (Å²) in [5, 5.41) is 9.61. The lowest BCUT2D eigenvalue weighted by molar-refractivity contribution is 0.0955. The summed E-state index contributed by atoms with van der Waals surface area (Å²) >= 11 is 6.02. The van der Waals surface area contributed by atoms with Gasteiger partial charge in [-0.2, -0.15) is 0 Å². The van der Waals surface area contributed by atoms with Crippen molar-refractivity contribution in [3.63, 3.8) is 0 Å². The first kappa shape index (κ1) is 25.2. The smallest absolute Gasteiger partial charge is 0.252 e. The lowest BCUT2D eigenvalue weighted by Crippen LogP contribution is -2.39. The van der Waals surface area contributed by atoms with E-state index in [0.29, 0.717) is 41.7 Å². The molecule has 1 amide bonds. The molecule has 8 heteroatoms. The van der Waals surface area contributed by atoms with Crippen molar-refractivity contribution in [3.05, 3.63) is 70.0 Å². The average molecular weight is 533 g/mol. The highest BCUT2D eigenvalue weighted by Gasteiger charge is 2.11. The number of nitrogens with zero attached hydrogens (tertiary/aromatic N) is 1. The van der Waals surface area contributed by atoms with Gasteiger partial charge in [0.1, 0.15) is 5.82 Å². The zero-order valence-corrected chi connectivity index (χ0v) is 19.8. The van der Waals surface area contributed by atoms with Gasteiger partial charge >= 0.3 is 0 Å². The van der Waals surface area contributed by atoms with Crippen LogP contribution < -0.4 is 16.0 Å². The Morgan fingerprint density at radius 1 is 1.21 bits per heavy atom. The highest BCUT2D eigenvalue weighted by atomic mass is 127. The van der Waals surface area contributed by atoms with Gasteiger partial charge in [0.2, 0.25) is 0 Å². The van der Waals surface area contributed by atoms with Crippen LogP contribution >= 0.6 is 35.6 Å². The molecule has 29 heavy (non-hydrogen) atoms. The summed E-state index contributed by atoms with van der Waals surface area (Å²) in [5.74, 6) is 0.139. The Morgan fingerprint density at radius 3 is 2.59 bits per heavy atom. The number of rotatable bonds is 7. The van der Waals surface area contributed by atoms with E-state index in [9.17, 15) is 9.18 Å². The van der Waals surface area contributed by atoms with Gasteiger partial charge in [-0.1, -0.05) is 35.9 Å². The normalized spacial score (nSPS) is 12.0. The third-order valence-corrected chi connectivity index (χ3v) is 4.51. The maximum Gasteiger partial charge on any atom is 0.252 e. The van der Waals surface area contributed by atoms with Crippen LogP contribution in [0, 0.1) is 12.7 Å². The largest absolute Gasteiger partial charge is 0.357 e. The Morgan fingerprint density at radius 2 is 1.93 bits per heavy atom. The van der Waals surface area contributed by atoms with Crippen molar-refractivity contribution in [2.24, 2.45) is 4.99 Å². The molecule has 0 saturated carbocycles. The molecule has 3 N–H and O–H groups in total. The fourth-order valence-corrected chi connectivity index (χ4v) is 2.79. The topological polar surface area (TPSA) is 65.5 Å². The monoisotopic (exact) mass is 532 g/mol. The molecule has 1 atom stereocenters. The lowest BCUT2D eigenvalue weighted by Gasteiger charge is -2.18. The molecule has 0 bridgehead atoms. The molecule has 2 rings (SSSR count). The number of hydrogen-bond acceptors (Lipinski definition) is 2. The van der Waals surface area contributed by atoms with Gasteiger partial charge in [0.05, 0.1) is 23.2 Å². The fourth-order valence-electron chi connectivity index (χ4n) is 2.56. The molecular formula is C21H27ClFIN4O. The number of hydrogen-bond donors (Lipinski definition) is 3. The van der Waals surface area contributed by atoms with Crippen LogP contribution in [0.1, 0.15) is 41.4 Å². The van der Waals surface area contributed by atoms with Crippen LogP contribution in [0.15, 0.2) is 47.5 Å². The van der Waals surface area contributed by atoms with Gasteiger partial charge in [-0.15, -0.1) is 24.0 Å². The standard InChI is InChI=1S/C21H26ClFN4O.HI/c1-4-24-21(27-15(3)16-10-9-14(2)19(23)13-16)26-12-11-25-20(28)17-7-5-6-8-18(17)22;/h5-10,13,15H,4,11-12H2,1-3H3,(H,25,28)(H2,24,26,27);1H. The maximum absolute atomic E-state index is 13.8. The summed E-state index contributed by atoms with van der Waals surface area (Å²) in [5.41, 5.74) is 1.89. The first-order valence-corrected chi connectivity index (χ1v) is 9.63. The van der Waals surface area contributed by atoms with Crippen LogP contribution in [0.4, 0.5) is 4.39 Å². The maximum atomic E-state index is 13.8. The first-order chi connectivity index (χ1) is 13.4.